The van der Waals surface area contributed by atoms with Crippen LogP contribution in [0.15, 0.2) is 35.4 Å². The second-order valence-corrected chi connectivity index (χ2v) is 10.9. The van der Waals surface area contributed by atoms with Gasteiger partial charge in [-0.2, -0.15) is 0 Å². The Bertz CT molecular complexity index is 1070. The van der Waals surface area contributed by atoms with E-state index in [4.69, 9.17) is 18.9 Å². The Hall–Kier alpha value is -2.14. The summed E-state index contributed by atoms with van der Waals surface area (Å²) in [5, 5.41) is 89.3. The van der Waals surface area contributed by atoms with Gasteiger partial charge in [-0.1, -0.05) is 23.3 Å². The van der Waals surface area contributed by atoms with Gasteiger partial charge < -0.3 is 64.9 Å². The van der Waals surface area contributed by atoms with E-state index in [0.717, 1.165) is 11.1 Å². The van der Waals surface area contributed by atoms with E-state index in [1.807, 2.05) is 26.0 Å². The summed E-state index contributed by atoms with van der Waals surface area (Å²) >= 11 is 0. The molecule has 2 heterocycles. The van der Waals surface area contributed by atoms with Gasteiger partial charge in [0.05, 0.1) is 19.8 Å². The molecule has 0 aromatic heterocycles. The number of aromatic hydroxyl groups is 1. The van der Waals surface area contributed by atoms with E-state index in [1.54, 1.807) is 19.1 Å². The number of aliphatic hydroxyl groups is 8. The van der Waals surface area contributed by atoms with E-state index in [9.17, 15) is 46.0 Å². The highest BCUT2D eigenvalue weighted by atomic mass is 16.7. The van der Waals surface area contributed by atoms with Crippen molar-refractivity contribution in [2.45, 2.75) is 101 Å². The summed E-state index contributed by atoms with van der Waals surface area (Å²) in [4.78, 5) is 0. The molecule has 1 aromatic carbocycles. The largest absolute Gasteiger partial charge is 0.508 e. The van der Waals surface area contributed by atoms with Crippen molar-refractivity contribution in [1.82, 2.24) is 0 Å². The van der Waals surface area contributed by atoms with Crippen molar-refractivity contribution in [3.63, 3.8) is 0 Å². The van der Waals surface area contributed by atoms with Crippen LogP contribution in [0.25, 0.3) is 0 Å². The first kappa shape index (κ1) is 34.4. The fourth-order valence-electron chi connectivity index (χ4n) is 4.68. The summed E-state index contributed by atoms with van der Waals surface area (Å²) < 4.78 is 22.2. The third-order valence-corrected chi connectivity index (χ3v) is 7.50. The van der Waals surface area contributed by atoms with Gasteiger partial charge in [-0.3, -0.25) is 0 Å². The smallest absolute Gasteiger partial charge is 0.229 e. The molecule has 0 amide bonds. The summed E-state index contributed by atoms with van der Waals surface area (Å²) in [7, 11) is 0. The fraction of sp³-hybridized carbons (Fsp3) is 0.655. The molecule has 9 N–H and O–H groups in total. The molecule has 3 rings (SSSR count). The molecular weight excluding hydrogens is 556 g/mol. The molecular formula is C29H44O13. The number of rotatable bonds is 12. The summed E-state index contributed by atoms with van der Waals surface area (Å²) in [6, 6.07) is 3.12. The zero-order chi connectivity index (χ0) is 31.1. The van der Waals surface area contributed by atoms with E-state index < -0.39 is 74.6 Å². The molecule has 0 aliphatic carbocycles. The highest BCUT2D eigenvalue weighted by Crippen LogP contribution is 2.32. The monoisotopic (exact) mass is 600 g/mol. The van der Waals surface area contributed by atoms with Crippen LogP contribution in [-0.4, -0.2) is 127 Å². The normalized spacial score (nSPS) is 34.5. The number of phenols is 1. The van der Waals surface area contributed by atoms with Crippen LogP contribution < -0.4 is 4.74 Å². The lowest BCUT2D eigenvalue weighted by atomic mass is 9.99. The number of hydrogen-bond donors (Lipinski definition) is 9. The Morgan fingerprint density at radius 2 is 1.36 bits per heavy atom. The minimum Gasteiger partial charge on any atom is -0.508 e. The van der Waals surface area contributed by atoms with Crippen molar-refractivity contribution in [2.75, 3.05) is 19.8 Å². The molecule has 0 spiro atoms. The lowest BCUT2D eigenvalue weighted by molar-refractivity contribution is -0.299. The Labute approximate surface area is 244 Å². The van der Waals surface area contributed by atoms with Crippen LogP contribution in [0, 0.1) is 6.92 Å². The molecule has 0 bridgehead atoms. The Balaban J connectivity index is 1.57. The number of ether oxygens (including phenoxy) is 4. The van der Waals surface area contributed by atoms with Gasteiger partial charge >= 0.3 is 0 Å². The summed E-state index contributed by atoms with van der Waals surface area (Å²) in [5.74, 6) is 0.356. The maximum Gasteiger partial charge on any atom is 0.229 e. The molecule has 238 valence electrons. The Morgan fingerprint density at radius 1 is 0.786 bits per heavy atom. The number of aryl methyl sites for hydroxylation is 1. The molecule has 42 heavy (non-hydrogen) atoms. The first-order valence-electron chi connectivity index (χ1n) is 13.9. The molecule has 13 nitrogen and oxygen atoms in total. The van der Waals surface area contributed by atoms with Crippen molar-refractivity contribution in [3.8, 4) is 11.5 Å². The van der Waals surface area contributed by atoms with Crippen LogP contribution in [0.5, 0.6) is 11.5 Å². The molecule has 2 saturated heterocycles. The van der Waals surface area contributed by atoms with Gasteiger partial charge in [-0.05, 0) is 57.7 Å². The molecule has 10 atom stereocenters. The van der Waals surface area contributed by atoms with Crippen molar-refractivity contribution in [1.29, 1.82) is 0 Å². The zero-order valence-electron chi connectivity index (χ0n) is 24.0. The second kappa shape index (κ2) is 15.5. The first-order valence-corrected chi connectivity index (χ1v) is 13.9. The minimum absolute atomic E-state index is 0.0511. The summed E-state index contributed by atoms with van der Waals surface area (Å²) in [6.45, 7) is 4.44. The van der Waals surface area contributed by atoms with Crippen LogP contribution in [0.3, 0.4) is 0 Å². The van der Waals surface area contributed by atoms with E-state index in [2.05, 4.69) is 0 Å². The van der Waals surface area contributed by atoms with Crippen LogP contribution in [0.2, 0.25) is 0 Å². The molecule has 0 unspecified atom stereocenters. The maximum absolute atomic E-state index is 10.4. The standard InChI is InChI=1S/C29H44O13/c1-14(5-4-6-15(2)13-39-28-26(37)24(35)22(33)20(11-30)41-28)7-8-17-10-18(32)16(3)9-19(17)40-29-27(38)25(36)23(34)21(12-31)42-29/h6-7,9-10,20-38H,4-5,8,11-13H2,1-3H3/t20-,21-,22-,23-,24+,25+,26-,27-,28-,29+/m1/s1. The number of hydrogen-bond acceptors (Lipinski definition) is 13. The van der Waals surface area contributed by atoms with Crippen LogP contribution in [-0.2, 0) is 20.6 Å². The van der Waals surface area contributed by atoms with Crippen molar-refractivity contribution in [2.24, 2.45) is 0 Å². The lowest BCUT2D eigenvalue weighted by Crippen LogP contribution is -2.60. The number of phenolic OH excluding ortho intramolecular Hbond substituents is 1. The van der Waals surface area contributed by atoms with Gasteiger partial charge in [-0.15, -0.1) is 0 Å². The number of aliphatic hydroxyl groups excluding tert-OH is 8. The molecule has 0 saturated carbocycles. The predicted molar refractivity (Wildman–Crippen MR) is 147 cm³/mol. The van der Waals surface area contributed by atoms with Crippen molar-refractivity contribution < 1.29 is 64.9 Å². The van der Waals surface area contributed by atoms with E-state index in [1.165, 1.54) is 0 Å². The SMILES string of the molecule is CC(=CCc1cc(O)c(C)cc1O[C@H]1O[C@H](CO)[C@@H](O)[C@H](O)[C@H]1O)CCC=C(C)CO[C@@H]1O[C@H](CO)[C@@H](O)[C@H](O)[C@H]1O. The third kappa shape index (κ3) is 8.49. The summed E-state index contributed by atoms with van der Waals surface area (Å²) in [5.41, 5.74) is 2.99. The van der Waals surface area contributed by atoms with Gasteiger partial charge in [0, 0.05) is 5.56 Å². The average molecular weight is 601 g/mol. The van der Waals surface area contributed by atoms with Gasteiger partial charge in [0.15, 0.2) is 6.29 Å². The Morgan fingerprint density at radius 3 is 1.95 bits per heavy atom. The maximum atomic E-state index is 10.4. The molecule has 0 radical (unpaired) electrons. The van der Waals surface area contributed by atoms with E-state index >= 15 is 0 Å². The Kier molecular flexibility index (Phi) is 12.7. The van der Waals surface area contributed by atoms with E-state index in [-0.39, 0.29) is 12.4 Å². The van der Waals surface area contributed by atoms with Gasteiger partial charge in [0.25, 0.3) is 0 Å². The molecule has 2 fully saturated rings. The second-order valence-electron chi connectivity index (χ2n) is 10.9. The van der Waals surface area contributed by atoms with Crippen LogP contribution in [0.1, 0.15) is 37.8 Å². The topological polar surface area (TPSA) is 219 Å². The minimum atomic E-state index is -1.58. The van der Waals surface area contributed by atoms with Gasteiger partial charge in [0.2, 0.25) is 6.29 Å². The first-order chi connectivity index (χ1) is 19.9. The molecule has 1 aromatic rings. The molecule has 2 aliphatic rings. The molecule has 2 aliphatic heterocycles. The zero-order valence-corrected chi connectivity index (χ0v) is 24.0. The number of benzene rings is 1. The fourth-order valence-corrected chi connectivity index (χ4v) is 4.68. The third-order valence-electron chi connectivity index (χ3n) is 7.50. The highest BCUT2D eigenvalue weighted by molar-refractivity contribution is 5.46. The van der Waals surface area contributed by atoms with Gasteiger partial charge in [-0.25, -0.2) is 0 Å². The van der Waals surface area contributed by atoms with E-state index in [0.29, 0.717) is 36.1 Å². The lowest BCUT2D eigenvalue weighted by Gasteiger charge is -2.39. The summed E-state index contributed by atoms with van der Waals surface area (Å²) in [6.07, 6.45) is -8.14. The highest BCUT2D eigenvalue weighted by Gasteiger charge is 2.45. The number of allylic oxidation sites excluding steroid dienone is 3. The van der Waals surface area contributed by atoms with Crippen molar-refractivity contribution >= 4 is 0 Å². The van der Waals surface area contributed by atoms with Gasteiger partial charge in [0.1, 0.15) is 60.3 Å². The van der Waals surface area contributed by atoms with Crippen LogP contribution >= 0.6 is 0 Å². The predicted octanol–water partition coefficient (Wildman–Crippen LogP) is -1.09. The van der Waals surface area contributed by atoms with Crippen molar-refractivity contribution in [3.05, 3.63) is 46.6 Å². The molecule has 13 heteroatoms. The van der Waals surface area contributed by atoms with Crippen LogP contribution in [0.4, 0.5) is 0 Å². The quantitative estimate of drug-likeness (QED) is 0.130. The average Bonchev–Trinajstić information content (AvgIpc) is 2.96.